The van der Waals surface area contributed by atoms with E-state index in [9.17, 15) is 10.1 Å². The zero-order chi connectivity index (χ0) is 18.5. The number of aliphatic imine (C=N–C) groups is 1. The number of piperazine rings is 1. The van der Waals surface area contributed by atoms with Crippen molar-refractivity contribution in [3.05, 3.63) is 52.7 Å². The lowest BCUT2D eigenvalue weighted by Gasteiger charge is -2.37. The van der Waals surface area contributed by atoms with E-state index in [0.29, 0.717) is 24.9 Å². The first-order valence-electron chi connectivity index (χ1n) is 8.16. The Morgan fingerprint density at radius 1 is 1.23 bits per heavy atom. The molecule has 0 saturated carbocycles. The number of aromatic nitrogens is 1. The third kappa shape index (κ3) is 3.82. The molecule has 26 heavy (non-hydrogen) atoms. The Hall–Kier alpha value is -3.36. The average Bonchev–Trinajstić information content (AvgIpc) is 2.68. The molecule has 2 aromatic rings. The van der Waals surface area contributed by atoms with E-state index < -0.39 is 4.92 Å². The van der Waals surface area contributed by atoms with Crippen LogP contribution in [0.25, 0.3) is 0 Å². The molecule has 1 fully saturated rings. The monoisotopic (exact) mass is 356 g/mol. The molecule has 0 aliphatic carbocycles. The van der Waals surface area contributed by atoms with Gasteiger partial charge in [-0.1, -0.05) is 12.1 Å². The maximum absolute atomic E-state index is 10.7. The van der Waals surface area contributed by atoms with Gasteiger partial charge in [0.2, 0.25) is 0 Å². The van der Waals surface area contributed by atoms with Crippen LogP contribution >= 0.6 is 0 Å². The molecular formula is C17H20N6O3. The van der Waals surface area contributed by atoms with Crippen molar-refractivity contribution in [2.24, 2.45) is 10.7 Å². The predicted octanol–water partition coefficient (Wildman–Crippen LogP) is 1.77. The number of ether oxygens (including phenoxy) is 1. The molecule has 9 nitrogen and oxygen atoms in total. The summed E-state index contributed by atoms with van der Waals surface area (Å²) in [6.07, 6.45) is 1.17. The molecule has 0 unspecified atom stereocenters. The van der Waals surface area contributed by atoms with Crippen LogP contribution in [0.15, 0.2) is 47.6 Å². The van der Waals surface area contributed by atoms with Gasteiger partial charge in [0.25, 0.3) is 5.69 Å². The highest BCUT2D eigenvalue weighted by atomic mass is 16.6. The van der Waals surface area contributed by atoms with E-state index in [-0.39, 0.29) is 5.69 Å². The van der Waals surface area contributed by atoms with Crippen molar-refractivity contribution in [1.82, 2.24) is 9.88 Å². The van der Waals surface area contributed by atoms with Crippen LogP contribution in [0.2, 0.25) is 0 Å². The molecule has 1 aromatic heterocycles. The summed E-state index contributed by atoms with van der Waals surface area (Å²) < 4.78 is 5.42. The topological polar surface area (TPSA) is 110 Å². The third-order valence-corrected chi connectivity index (χ3v) is 4.20. The minimum absolute atomic E-state index is 0.0760. The molecule has 0 amide bonds. The summed E-state index contributed by atoms with van der Waals surface area (Å²) in [5, 5.41) is 10.7. The number of hydrogen-bond acceptors (Lipinski definition) is 6. The second kappa shape index (κ2) is 7.68. The summed E-state index contributed by atoms with van der Waals surface area (Å²) >= 11 is 0. The quantitative estimate of drug-likeness (QED) is 0.385. The molecule has 2 heterocycles. The number of nitrogens with zero attached hydrogens (tertiary/aromatic N) is 5. The van der Waals surface area contributed by atoms with Crippen LogP contribution in [0.3, 0.4) is 0 Å². The van der Waals surface area contributed by atoms with Crippen molar-refractivity contribution in [1.29, 1.82) is 0 Å². The molecule has 0 radical (unpaired) electrons. The van der Waals surface area contributed by atoms with Gasteiger partial charge in [-0.3, -0.25) is 10.1 Å². The van der Waals surface area contributed by atoms with Gasteiger partial charge in [-0.15, -0.1) is 0 Å². The largest absolute Gasteiger partial charge is 0.495 e. The first-order valence-corrected chi connectivity index (χ1v) is 8.16. The fourth-order valence-corrected chi connectivity index (χ4v) is 2.81. The van der Waals surface area contributed by atoms with E-state index >= 15 is 0 Å². The van der Waals surface area contributed by atoms with Gasteiger partial charge in [0, 0.05) is 32.2 Å². The molecular weight excluding hydrogens is 336 g/mol. The number of benzene rings is 1. The predicted molar refractivity (Wildman–Crippen MR) is 99.0 cm³/mol. The van der Waals surface area contributed by atoms with E-state index in [0.717, 1.165) is 24.5 Å². The minimum atomic E-state index is -0.499. The molecule has 3 rings (SSSR count). The second-order valence-corrected chi connectivity index (χ2v) is 5.75. The highest BCUT2D eigenvalue weighted by Gasteiger charge is 2.20. The lowest BCUT2D eigenvalue weighted by molar-refractivity contribution is -0.385. The average molecular weight is 356 g/mol. The third-order valence-electron chi connectivity index (χ3n) is 4.20. The normalized spacial score (nSPS) is 15.0. The van der Waals surface area contributed by atoms with E-state index in [2.05, 4.69) is 14.9 Å². The zero-order valence-corrected chi connectivity index (χ0v) is 14.4. The molecule has 1 aliphatic heterocycles. The van der Waals surface area contributed by atoms with Crippen LogP contribution in [0.5, 0.6) is 5.75 Å². The van der Waals surface area contributed by atoms with Gasteiger partial charge in [-0.05, 0) is 18.2 Å². The molecule has 0 atom stereocenters. The maximum Gasteiger partial charge on any atom is 0.287 e. The minimum Gasteiger partial charge on any atom is -0.495 e. The number of nitro groups is 1. The number of para-hydroxylation sites is 2. The number of methoxy groups -OCH3 is 1. The van der Waals surface area contributed by atoms with Crippen LogP contribution in [-0.2, 0) is 0 Å². The SMILES string of the molecule is COc1ccccc1N1CCN(C(N)=Nc2ccc([N+](=O)[O-])cn2)CC1. The van der Waals surface area contributed by atoms with Crippen LogP contribution < -0.4 is 15.4 Å². The van der Waals surface area contributed by atoms with Crippen LogP contribution in [0, 0.1) is 10.1 Å². The molecule has 0 bridgehead atoms. The molecule has 0 spiro atoms. The Balaban J connectivity index is 1.64. The standard InChI is InChI=1S/C17H20N6O3/c1-26-15-5-3-2-4-14(15)21-8-10-22(11-9-21)17(18)20-16-7-6-13(12-19-16)23(24)25/h2-7,12H,8-11H2,1H3,(H2,18,19,20). The fraction of sp³-hybridized carbons (Fsp3) is 0.294. The number of nitrogens with two attached hydrogens (primary N) is 1. The molecule has 9 heteroatoms. The van der Waals surface area contributed by atoms with Gasteiger partial charge < -0.3 is 20.3 Å². The Labute approximate surface area is 150 Å². The number of anilines is 1. The molecule has 136 valence electrons. The summed E-state index contributed by atoms with van der Waals surface area (Å²) in [5.74, 6) is 1.55. The van der Waals surface area contributed by atoms with E-state index in [4.69, 9.17) is 10.5 Å². The lowest BCUT2D eigenvalue weighted by Crippen LogP contribution is -2.51. The van der Waals surface area contributed by atoms with Crippen LogP contribution in [0.1, 0.15) is 0 Å². The highest BCUT2D eigenvalue weighted by molar-refractivity contribution is 5.81. The van der Waals surface area contributed by atoms with E-state index in [1.807, 2.05) is 29.2 Å². The number of guanidine groups is 1. The number of rotatable bonds is 4. The Morgan fingerprint density at radius 2 is 1.96 bits per heavy atom. The highest BCUT2D eigenvalue weighted by Crippen LogP contribution is 2.28. The van der Waals surface area contributed by atoms with Crippen LogP contribution in [0.4, 0.5) is 17.2 Å². The van der Waals surface area contributed by atoms with Gasteiger partial charge in [-0.2, -0.15) is 4.99 Å². The van der Waals surface area contributed by atoms with Crippen molar-refractivity contribution >= 4 is 23.2 Å². The van der Waals surface area contributed by atoms with Gasteiger partial charge in [0.1, 0.15) is 11.9 Å². The summed E-state index contributed by atoms with van der Waals surface area (Å²) in [4.78, 5) is 22.6. The van der Waals surface area contributed by atoms with Crippen molar-refractivity contribution in [2.45, 2.75) is 0 Å². The smallest absolute Gasteiger partial charge is 0.287 e. The summed E-state index contributed by atoms with van der Waals surface area (Å²) in [6, 6.07) is 10.8. The number of hydrogen-bond donors (Lipinski definition) is 1. The zero-order valence-electron chi connectivity index (χ0n) is 14.4. The summed E-state index contributed by atoms with van der Waals surface area (Å²) in [6.45, 7) is 2.98. The lowest BCUT2D eigenvalue weighted by atomic mass is 10.2. The molecule has 1 aliphatic rings. The van der Waals surface area contributed by atoms with Crippen molar-refractivity contribution in [3.63, 3.8) is 0 Å². The number of pyridine rings is 1. The van der Waals surface area contributed by atoms with Gasteiger partial charge in [-0.25, -0.2) is 4.98 Å². The Kier molecular flexibility index (Phi) is 5.16. The van der Waals surface area contributed by atoms with E-state index in [1.165, 1.54) is 18.3 Å². The first-order chi connectivity index (χ1) is 12.6. The van der Waals surface area contributed by atoms with Gasteiger partial charge in [0.15, 0.2) is 11.8 Å². The van der Waals surface area contributed by atoms with E-state index in [1.54, 1.807) is 7.11 Å². The fourth-order valence-electron chi connectivity index (χ4n) is 2.81. The Bertz CT molecular complexity index is 800. The summed E-state index contributed by atoms with van der Waals surface area (Å²) in [5.41, 5.74) is 7.06. The van der Waals surface area contributed by atoms with Gasteiger partial charge >= 0.3 is 0 Å². The second-order valence-electron chi connectivity index (χ2n) is 5.75. The first kappa shape index (κ1) is 17.5. The van der Waals surface area contributed by atoms with Gasteiger partial charge in [0.05, 0.1) is 17.7 Å². The molecule has 1 aromatic carbocycles. The summed E-state index contributed by atoms with van der Waals surface area (Å²) in [7, 11) is 1.66. The van der Waals surface area contributed by atoms with Crippen molar-refractivity contribution in [2.75, 3.05) is 38.2 Å². The van der Waals surface area contributed by atoms with Crippen molar-refractivity contribution in [3.8, 4) is 5.75 Å². The van der Waals surface area contributed by atoms with Crippen LogP contribution in [-0.4, -0.2) is 54.1 Å². The Morgan fingerprint density at radius 3 is 2.58 bits per heavy atom. The molecule has 1 saturated heterocycles. The maximum atomic E-state index is 10.7. The van der Waals surface area contributed by atoms with Crippen molar-refractivity contribution < 1.29 is 9.66 Å². The molecule has 2 N–H and O–H groups in total.